The monoisotopic (exact) mass is 436 g/mol. The number of rotatable bonds is 6. The highest BCUT2D eigenvalue weighted by Crippen LogP contribution is 2.31. The van der Waals surface area contributed by atoms with Crippen LogP contribution < -0.4 is 15.1 Å². The average molecular weight is 436 g/mol. The summed E-state index contributed by atoms with van der Waals surface area (Å²) in [6.45, 7) is 1.77. The van der Waals surface area contributed by atoms with E-state index in [1.54, 1.807) is 37.3 Å². The minimum Gasteiger partial charge on any atom is -0.493 e. The predicted molar refractivity (Wildman–Crippen MR) is 115 cm³/mol. The van der Waals surface area contributed by atoms with E-state index in [4.69, 9.17) is 23.0 Å². The van der Waals surface area contributed by atoms with Gasteiger partial charge in [0.05, 0.1) is 14.2 Å². The maximum absolute atomic E-state index is 12.9. The molecule has 2 aromatic carbocycles. The molecule has 4 rings (SSSR count). The largest absolute Gasteiger partial charge is 0.493 e. The van der Waals surface area contributed by atoms with Crippen LogP contribution in [0.25, 0.3) is 21.9 Å². The summed E-state index contributed by atoms with van der Waals surface area (Å²) in [6, 6.07) is 11.4. The van der Waals surface area contributed by atoms with Gasteiger partial charge in [0.25, 0.3) is 0 Å². The third-order valence-corrected chi connectivity index (χ3v) is 5.09. The topological polar surface area (TPSA) is 105 Å². The smallest absolute Gasteiger partial charge is 0.379 e. The second-order valence-electron chi connectivity index (χ2n) is 7.16. The Balaban J connectivity index is 1.73. The maximum Gasteiger partial charge on any atom is 0.379 e. The van der Waals surface area contributed by atoms with Crippen molar-refractivity contribution < 1.29 is 32.6 Å². The summed E-state index contributed by atoms with van der Waals surface area (Å²) in [6.07, 6.45) is 0.349. The lowest BCUT2D eigenvalue weighted by atomic mass is 10.0. The van der Waals surface area contributed by atoms with Crippen molar-refractivity contribution in [2.75, 3.05) is 14.2 Å². The molecule has 0 aliphatic rings. The van der Waals surface area contributed by atoms with Gasteiger partial charge in [-0.05, 0) is 42.7 Å². The van der Waals surface area contributed by atoms with Crippen LogP contribution in [-0.2, 0) is 16.0 Å². The summed E-state index contributed by atoms with van der Waals surface area (Å²) >= 11 is 0. The highest BCUT2D eigenvalue weighted by Gasteiger charge is 2.20. The third kappa shape index (κ3) is 4.07. The van der Waals surface area contributed by atoms with Crippen molar-refractivity contribution in [2.45, 2.75) is 19.8 Å². The lowest BCUT2D eigenvalue weighted by Gasteiger charge is -2.11. The Morgan fingerprint density at radius 2 is 1.81 bits per heavy atom. The first-order valence-electron chi connectivity index (χ1n) is 9.82. The van der Waals surface area contributed by atoms with Crippen molar-refractivity contribution >= 4 is 33.9 Å². The molecule has 2 heterocycles. The number of aryl methyl sites for hydroxylation is 2. The fourth-order valence-corrected chi connectivity index (χ4v) is 3.47. The molecule has 0 aliphatic carbocycles. The van der Waals surface area contributed by atoms with Gasteiger partial charge in [-0.25, -0.2) is 9.59 Å². The molecule has 0 N–H and O–H groups in total. The molecular formula is C24H20O8. The summed E-state index contributed by atoms with van der Waals surface area (Å²) < 4.78 is 26.5. The Morgan fingerprint density at radius 3 is 2.56 bits per heavy atom. The van der Waals surface area contributed by atoms with Gasteiger partial charge >= 0.3 is 17.6 Å². The molecule has 8 nitrogen and oxygen atoms in total. The number of hydrogen-bond donors (Lipinski definition) is 0. The van der Waals surface area contributed by atoms with Gasteiger partial charge in [0, 0.05) is 29.3 Å². The lowest BCUT2D eigenvalue weighted by molar-refractivity contribution is -0.140. The van der Waals surface area contributed by atoms with Crippen LogP contribution in [0, 0.1) is 6.92 Å². The zero-order valence-corrected chi connectivity index (χ0v) is 17.7. The first-order valence-corrected chi connectivity index (χ1v) is 9.82. The van der Waals surface area contributed by atoms with Crippen molar-refractivity contribution in [3.63, 3.8) is 0 Å². The summed E-state index contributed by atoms with van der Waals surface area (Å²) in [5.74, 6) is -0.509. The summed E-state index contributed by atoms with van der Waals surface area (Å²) in [7, 11) is 2.81. The molecule has 32 heavy (non-hydrogen) atoms. The molecule has 164 valence electrons. The second-order valence-corrected chi connectivity index (χ2v) is 7.16. The molecule has 0 saturated carbocycles. The van der Waals surface area contributed by atoms with Crippen LogP contribution in [-0.4, -0.2) is 26.2 Å². The Labute approximate surface area is 182 Å². The molecule has 0 radical (unpaired) electrons. The second kappa shape index (κ2) is 8.58. The molecule has 8 heteroatoms. The van der Waals surface area contributed by atoms with E-state index in [-0.39, 0.29) is 29.9 Å². The highest BCUT2D eigenvalue weighted by atomic mass is 16.6. The third-order valence-electron chi connectivity index (χ3n) is 5.09. The Kier molecular flexibility index (Phi) is 5.68. The molecule has 4 aromatic rings. The summed E-state index contributed by atoms with van der Waals surface area (Å²) in [4.78, 5) is 36.3. The Hall–Kier alpha value is -4.07. The number of benzene rings is 2. The van der Waals surface area contributed by atoms with Gasteiger partial charge < -0.3 is 23.0 Å². The zero-order valence-electron chi connectivity index (χ0n) is 17.7. The molecule has 0 atom stereocenters. The number of ether oxygens (including phenoxy) is 3. The number of para-hydroxylation sites is 1. The van der Waals surface area contributed by atoms with E-state index in [0.717, 1.165) is 0 Å². The first-order chi connectivity index (χ1) is 15.4. The van der Waals surface area contributed by atoms with Gasteiger partial charge in [-0.2, -0.15) is 0 Å². The van der Waals surface area contributed by atoms with Crippen LogP contribution >= 0.6 is 0 Å². The standard InChI is InChI=1S/C24H20O8/c1-13-9-22(26)30-19-12-18(14(10-16(13)19)7-8-21(25)29-3)32-24(27)20-11-15-5-4-6-17(28-2)23(15)31-20/h4-6,9-12H,7-8H2,1-3H3. The Morgan fingerprint density at radius 1 is 1.00 bits per heavy atom. The van der Waals surface area contributed by atoms with E-state index in [1.165, 1.54) is 26.4 Å². The molecule has 0 spiro atoms. The molecule has 0 aliphatic heterocycles. The summed E-state index contributed by atoms with van der Waals surface area (Å²) in [5.41, 5.74) is 1.47. The van der Waals surface area contributed by atoms with Crippen molar-refractivity contribution in [1.29, 1.82) is 0 Å². The van der Waals surface area contributed by atoms with Gasteiger partial charge in [-0.3, -0.25) is 4.79 Å². The van der Waals surface area contributed by atoms with E-state index in [1.807, 2.05) is 0 Å². The highest BCUT2D eigenvalue weighted by molar-refractivity contribution is 5.96. The van der Waals surface area contributed by atoms with Gasteiger partial charge in [0.1, 0.15) is 11.3 Å². The van der Waals surface area contributed by atoms with E-state index >= 15 is 0 Å². The Bertz CT molecular complexity index is 1390. The van der Waals surface area contributed by atoms with Crippen LogP contribution in [0.1, 0.15) is 28.1 Å². The fraction of sp³-hybridized carbons (Fsp3) is 0.208. The van der Waals surface area contributed by atoms with Crippen LogP contribution in [0.5, 0.6) is 11.5 Å². The number of furan rings is 1. The summed E-state index contributed by atoms with van der Waals surface area (Å²) in [5, 5.41) is 1.36. The molecule has 2 aromatic heterocycles. The quantitative estimate of drug-likeness (QED) is 0.252. The average Bonchev–Trinajstić information content (AvgIpc) is 3.22. The number of carbonyl (C=O) groups is 2. The van der Waals surface area contributed by atoms with Crippen LogP contribution in [0.4, 0.5) is 0 Å². The minimum absolute atomic E-state index is 0.0193. The zero-order chi connectivity index (χ0) is 22.8. The van der Waals surface area contributed by atoms with E-state index in [2.05, 4.69) is 0 Å². The lowest BCUT2D eigenvalue weighted by Crippen LogP contribution is -2.10. The van der Waals surface area contributed by atoms with E-state index in [9.17, 15) is 14.4 Å². The molecule has 0 saturated heterocycles. The molecular weight excluding hydrogens is 416 g/mol. The molecule has 0 unspecified atom stereocenters. The normalized spacial score (nSPS) is 11.0. The van der Waals surface area contributed by atoms with Crippen molar-refractivity contribution in [3.8, 4) is 11.5 Å². The molecule has 0 bridgehead atoms. The van der Waals surface area contributed by atoms with Crippen molar-refractivity contribution in [3.05, 3.63) is 69.8 Å². The van der Waals surface area contributed by atoms with Gasteiger partial charge in [-0.15, -0.1) is 0 Å². The van der Waals surface area contributed by atoms with Crippen LogP contribution in [0.15, 0.2) is 56.1 Å². The van der Waals surface area contributed by atoms with Crippen molar-refractivity contribution in [2.24, 2.45) is 0 Å². The van der Waals surface area contributed by atoms with Gasteiger partial charge in [0.2, 0.25) is 5.76 Å². The van der Waals surface area contributed by atoms with Gasteiger partial charge in [0.15, 0.2) is 11.3 Å². The van der Waals surface area contributed by atoms with Crippen LogP contribution in [0.2, 0.25) is 0 Å². The molecule has 0 amide bonds. The minimum atomic E-state index is -0.739. The predicted octanol–water partition coefficient (Wildman–Crippen LogP) is 4.18. The number of carbonyl (C=O) groups excluding carboxylic acids is 2. The number of esters is 2. The maximum atomic E-state index is 12.9. The van der Waals surface area contributed by atoms with E-state index in [0.29, 0.717) is 33.2 Å². The fourth-order valence-electron chi connectivity index (χ4n) is 3.47. The number of methoxy groups -OCH3 is 2. The SMILES string of the molecule is COC(=O)CCc1cc2c(C)cc(=O)oc2cc1OC(=O)c1cc2cccc(OC)c2o1. The van der Waals surface area contributed by atoms with E-state index < -0.39 is 17.6 Å². The number of hydrogen-bond acceptors (Lipinski definition) is 8. The molecule has 0 fully saturated rings. The first kappa shape index (κ1) is 21.2. The van der Waals surface area contributed by atoms with Gasteiger partial charge in [-0.1, -0.05) is 12.1 Å². The van der Waals surface area contributed by atoms with Crippen molar-refractivity contribution in [1.82, 2.24) is 0 Å². The van der Waals surface area contributed by atoms with Crippen LogP contribution in [0.3, 0.4) is 0 Å². The number of fused-ring (bicyclic) bond motifs is 2.